The summed E-state index contributed by atoms with van der Waals surface area (Å²) in [5.74, 6) is -2.05. The lowest BCUT2D eigenvalue weighted by Crippen LogP contribution is -2.53. The summed E-state index contributed by atoms with van der Waals surface area (Å²) in [6.07, 6.45) is 3.35. The van der Waals surface area contributed by atoms with Crippen molar-refractivity contribution in [3.8, 4) is 0 Å². The molecule has 1 aliphatic heterocycles. The molecule has 0 spiro atoms. The Hall–Kier alpha value is -1.50. The zero-order chi connectivity index (χ0) is 16.0. The van der Waals surface area contributed by atoms with Gasteiger partial charge >= 0.3 is 5.97 Å². The third-order valence-corrected chi connectivity index (χ3v) is 4.31. The van der Waals surface area contributed by atoms with Crippen LogP contribution >= 0.6 is 11.8 Å². The maximum absolute atomic E-state index is 12.3. The maximum Gasteiger partial charge on any atom is 0.326 e. The summed E-state index contributed by atoms with van der Waals surface area (Å²) >= 11 is 1.62. The minimum absolute atomic E-state index is 0.230. The van der Waals surface area contributed by atoms with Gasteiger partial charge in [0.25, 0.3) is 0 Å². The fraction of sp³-hybridized carbons (Fsp3) is 0.643. The molecule has 0 aromatic heterocycles. The fourth-order valence-electron chi connectivity index (χ4n) is 2.09. The number of carbonyl (C=O) groups excluding carboxylic acids is 2. The molecule has 0 saturated heterocycles. The quantitative estimate of drug-likeness (QED) is 0.654. The van der Waals surface area contributed by atoms with Gasteiger partial charge in [0.2, 0.25) is 11.8 Å². The van der Waals surface area contributed by atoms with E-state index in [4.69, 9.17) is 5.11 Å². The van der Waals surface area contributed by atoms with Crippen LogP contribution in [0.1, 0.15) is 33.6 Å². The lowest BCUT2D eigenvalue weighted by molar-refractivity contribution is -0.143. The highest BCUT2D eigenvalue weighted by Gasteiger charge is 2.29. The van der Waals surface area contributed by atoms with Crippen LogP contribution in [0.3, 0.4) is 0 Å². The van der Waals surface area contributed by atoms with Crippen LogP contribution < -0.4 is 10.6 Å². The summed E-state index contributed by atoms with van der Waals surface area (Å²) in [5.41, 5.74) is 0. The number of rotatable bonds is 7. The summed E-state index contributed by atoms with van der Waals surface area (Å²) in [6.45, 7) is 4.80. The largest absolute Gasteiger partial charge is 0.480 e. The molecule has 0 aromatic rings. The molecule has 1 rings (SSSR count). The van der Waals surface area contributed by atoms with E-state index in [0.29, 0.717) is 6.42 Å². The molecule has 1 heterocycles. The zero-order valence-electron chi connectivity index (χ0n) is 12.5. The Morgan fingerprint density at radius 2 is 2.00 bits per heavy atom. The molecule has 0 radical (unpaired) electrons. The van der Waals surface area contributed by atoms with E-state index in [1.165, 1.54) is 6.92 Å². The van der Waals surface area contributed by atoms with Gasteiger partial charge in [-0.05, 0) is 24.2 Å². The number of aliphatic carboxylic acids is 1. The first-order chi connectivity index (χ1) is 9.81. The first-order valence-corrected chi connectivity index (χ1v) is 7.86. The highest BCUT2D eigenvalue weighted by Crippen LogP contribution is 2.27. The molecule has 0 saturated carbocycles. The minimum atomic E-state index is -1.07. The van der Waals surface area contributed by atoms with Gasteiger partial charge in [-0.1, -0.05) is 19.9 Å². The molecule has 1 aliphatic rings. The molecular weight excluding hydrogens is 292 g/mol. The number of thioether (sulfide) groups is 1. The number of carboxylic acids is 1. The Morgan fingerprint density at radius 3 is 2.43 bits per heavy atom. The molecule has 118 valence electrons. The predicted octanol–water partition coefficient (Wildman–Crippen LogP) is 1.13. The SMILES string of the molecule is CC(=O)N[C@@H](CC1CC=CS1)C(=O)NC(C(=O)O)C(C)C. The topological polar surface area (TPSA) is 95.5 Å². The van der Waals surface area contributed by atoms with Crippen molar-refractivity contribution >= 4 is 29.5 Å². The molecule has 3 N–H and O–H groups in total. The van der Waals surface area contributed by atoms with Crippen molar-refractivity contribution in [2.75, 3.05) is 0 Å². The molecule has 2 amide bonds. The van der Waals surface area contributed by atoms with Gasteiger partial charge in [0.15, 0.2) is 0 Å². The van der Waals surface area contributed by atoms with Gasteiger partial charge in [-0.15, -0.1) is 11.8 Å². The standard InChI is InChI=1S/C14H22N2O4S/c1-8(2)12(14(19)20)16-13(18)11(15-9(3)17)7-10-5-4-6-21-10/h4,6,8,10-12H,5,7H2,1-3H3,(H,15,17)(H,16,18)(H,19,20)/t10?,11-,12?/m0/s1. The molecule has 0 aliphatic carbocycles. The second-order valence-electron chi connectivity index (χ2n) is 5.42. The van der Waals surface area contributed by atoms with Gasteiger partial charge in [-0.25, -0.2) is 4.79 Å². The van der Waals surface area contributed by atoms with Crippen LogP contribution in [0.2, 0.25) is 0 Å². The van der Waals surface area contributed by atoms with Crippen molar-refractivity contribution < 1.29 is 19.5 Å². The summed E-state index contributed by atoms with van der Waals surface area (Å²) in [4.78, 5) is 34.7. The Balaban J connectivity index is 2.69. The predicted molar refractivity (Wildman–Crippen MR) is 81.8 cm³/mol. The Kier molecular flexibility index (Phi) is 6.74. The van der Waals surface area contributed by atoms with Crippen LogP contribution in [0.15, 0.2) is 11.5 Å². The lowest BCUT2D eigenvalue weighted by atomic mass is 10.0. The first-order valence-electron chi connectivity index (χ1n) is 6.92. The van der Waals surface area contributed by atoms with Crippen molar-refractivity contribution in [3.63, 3.8) is 0 Å². The van der Waals surface area contributed by atoms with E-state index >= 15 is 0 Å². The van der Waals surface area contributed by atoms with E-state index in [9.17, 15) is 14.4 Å². The van der Waals surface area contributed by atoms with Gasteiger partial charge in [-0.2, -0.15) is 0 Å². The molecule has 2 unspecified atom stereocenters. The Labute approximate surface area is 128 Å². The highest BCUT2D eigenvalue weighted by atomic mass is 32.2. The third-order valence-electron chi connectivity index (χ3n) is 3.19. The second-order valence-corrected chi connectivity index (χ2v) is 6.63. The monoisotopic (exact) mass is 314 g/mol. The van der Waals surface area contributed by atoms with Crippen LogP contribution in [0.25, 0.3) is 0 Å². The molecule has 21 heavy (non-hydrogen) atoms. The van der Waals surface area contributed by atoms with Gasteiger partial charge in [0.05, 0.1) is 0 Å². The Morgan fingerprint density at radius 1 is 1.33 bits per heavy atom. The molecule has 6 nitrogen and oxygen atoms in total. The average Bonchev–Trinajstić information content (AvgIpc) is 2.86. The van der Waals surface area contributed by atoms with Gasteiger partial charge < -0.3 is 15.7 Å². The summed E-state index contributed by atoms with van der Waals surface area (Å²) in [5, 5.41) is 16.4. The Bertz CT molecular complexity index is 429. The normalized spacial score (nSPS) is 20.1. The van der Waals surface area contributed by atoms with E-state index in [-0.39, 0.29) is 17.1 Å². The van der Waals surface area contributed by atoms with Gasteiger partial charge in [0, 0.05) is 12.2 Å². The molecule has 7 heteroatoms. The van der Waals surface area contributed by atoms with E-state index < -0.39 is 24.0 Å². The number of hydrogen-bond donors (Lipinski definition) is 3. The van der Waals surface area contributed by atoms with Crippen LogP contribution in [-0.2, 0) is 14.4 Å². The number of amides is 2. The van der Waals surface area contributed by atoms with Crippen molar-refractivity contribution in [2.24, 2.45) is 5.92 Å². The lowest BCUT2D eigenvalue weighted by Gasteiger charge is -2.24. The van der Waals surface area contributed by atoms with E-state index in [1.54, 1.807) is 25.6 Å². The van der Waals surface area contributed by atoms with Crippen molar-refractivity contribution in [3.05, 3.63) is 11.5 Å². The van der Waals surface area contributed by atoms with Gasteiger partial charge in [-0.3, -0.25) is 9.59 Å². The second kappa shape index (κ2) is 8.07. The number of nitrogens with one attached hydrogen (secondary N) is 2. The number of carboxylic acid groups (broad SMARTS) is 1. The van der Waals surface area contributed by atoms with Crippen LogP contribution in [0.4, 0.5) is 0 Å². The molecule has 3 atom stereocenters. The van der Waals surface area contributed by atoms with Gasteiger partial charge in [0.1, 0.15) is 12.1 Å². The first kappa shape index (κ1) is 17.6. The average molecular weight is 314 g/mol. The van der Waals surface area contributed by atoms with Crippen LogP contribution in [0, 0.1) is 5.92 Å². The smallest absolute Gasteiger partial charge is 0.326 e. The number of carbonyl (C=O) groups is 3. The summed E-state index contributed by atoms with van der Waals surface area (Å²) in [7, 11) is 0. The van der Waals surface area contributed by atoms with E-state index in [0.717, 1.165) is 6.42 Å². The fourth-order valence-corrected chi connectivity index (χ4v) is 3.06. The third kappa shape index (κ3) is 5.79. The molecule has 0 bridgehead atoms. The van der Waals surface area contributed by atoms with Crippen LogP contribution in [-0.4, -0.2) is 40.2 Å². The minimum Gasteiger partial charge on any atom is -0.480 e. The molecular formula is C14H22N2O4S. The number of hydrogen-bond acceptors (Lipinski definition) is 4. The van der Waals surface area contributed by atoms with Crippen molar-refractivity contribution in [1.29, 1.82) is 0 Å². The number of allylic oxidation sites excluding steroid dienone is 1. The van der Waals surface area contributed by atoms with E-state index in [2.05, 4.69) is 10.6 Å². The highest BCUT2D eigenvalue weighted by molar-refractivity contribution is 8.03. The van der Waals surface area contributed by atoms with E-state index in [1.807, 2.05) is 11.5 Å². The molecule has 0 aromatic carbocycles. The van der Waals surface area contributed by atoms with Crippen molar-refractivity contribution in [2.45, 2.75) is 50.9 Å². The van der Waals surface area contributed by atoms with Crippen molar-refractivity contribution in [1.82, 2.24) is 10.6 Å². The van der Waals surface area contributed by atoms with Crippen LogP contribution in [0.5, 0.6) is 0 Å². The summed E-state index contributed by atoms with van der Waals surface area (Å²) in [6, 6.07) is -1.66. The zero-order valence-corrected chi connectivity index (χ0v) is 13.3. The summed E-state index contributed by atoms with van der Waals surface area (Å²) < 4.78 is 0. The maximum atomic E-state index is 12.3. The molecule has 0 fully saturated rings.